The van der Waals surface area contributed by atoms with Crippen LogP contribution in [0, 0.1) is 0 Å². The molecule has 3 nitrogen and oxygen atoms in total. The number of thioether (sulfide) groups is 1. The number of para-hydroxylation sites is 1. The molecule has 1 fully saturated rings. The molecule has 1 amide bonds. The van der Waals surface area contributed by atoms with E-state index in [-0.39, 0.29) is 5.91 Å². The molecule has 0 saturated carbocycles. The summed E-state index contributed by atoms with van der Waals surface area (Å²) in [6.45, 7) is 2.24. The van der Waals surface area contributed by atoms with Gasteiger partial charge in [-0.05, 0) is 36.6 Å². The molecule has 0 N–H and O–H groups in total. The van der Waals surface area contributed by atoms with Crippen LogP contribution in [-0.2, 0) is 17.1 Å². The molecule has 0 unspecified atom stereocenters. The van der Waals surface area contributed by atoms with Crippen LogP contribution in [-0.4, -0.2) is 28.5 Å². The number of amides is 1. The van der Waals surface area contributed by atoms with Crippen molar-refractivity contribution in [3.8, 4) is 0 Å². The molecule has 26 heavy (non-hydrogen) atoms. The lowest BCUT2D eigenvalue weighted by atomic mass is 10.2. The van der Waals surface area contributed by atoms with Gasteiger partial charge in [-0.15, -0.1) is 11.8 Å². The molecule has 0 spiro atoms. The summed E-state index contributed by atoms with van der Waals surface area (Å²) >= 11 is 5.31. The lowest BCUT2D eigenvalue weighted by Gasteiger charge is -2.15. The molecule has 0 radical (unpaired) electrons. The smallest absolute Gasteiger partial charge is 0.242 e. The summed E-state index contributed by atoms with van der Waals surface area (Å²) in [5.41, 5.74) is 2.43. The Hall–Kier alpha value is -1.72. The standard InChI is InChI=1S/C21H21BrN2OS/c22-17-9-7-16(8-10-17)15-26-20-13-24(19-6-2-1-5-18(19)20)14-21(25)23-11-3-4-12-23/h1-2,5-10,13H,3-4,11-12,14-15H2. The normalized spacial score (nSPS) is 14.3. The molecule has 2 heterocycles. The lowest BCUT2D eigenvalue weighted by Crippen LogP contribution is -2.30. The molecule has 1 aliphatic rings. The summed E-state index contributed by atoms with van der Waals surface area (Å²) in [4.78, 5) is 15.8. The van der Waals surface area contributed by atoms with E-state index >= 15 is 0 Å². The van der Waals surface area contributed by atoms with E-state index in [2.05, 4.69) is 69.2 Å². The van der Waals surface area contributed by atoms with Crippen LogP contribution in [0.3, 0.4) is 0 Å². The molecular weight excluding hydrogens is 408 g/mol. The zero-order valence-corrected chi connectivity index (χ0v) is 16.9. The van der Waals surface area contributed by atoms with Crippen molar-refractivity contribution in [3.63, 3.8) is 0 Å². The first-order valence-electron chi connectivity index (χ1n) is 8.93. The number of hydrogen-bond acceptors (Lipinski definition) is 2. The van der Waals surface area contributed by atoms with Gasteiger partial charge in [-0.3, -0.25) is 4.79 Å². The predicted octanol–water partition coefficient (Wildman–Crippen LogP) is 5.32. The van der Waals surface area contributed by atoms with E-state index in [9.17, 15) is 4.79 Å². The molecule has 2 aromatic carbocycles. The van der Waals surface area contributed by atoms with Crippen molar-refractivity contribution >= 4 is 44.5 Å². The fraction of sp³-hybridized carbons (Fsp3) is 0.286. The van der Waals surface area contributed by atoms with Crippen molar-refractivity contribution in [2.24, 2.45) is 0 Å². The number of nitrogens with zero attached hydrogens (tertiary/aromatic N) is 2. The van der Waals surface area contributed by atoms with E-state index in [4.69, 9.17) is 0 Å². The van der Waals surface area contributed by atoms with Crippen LogP contribution >= 0.6 is 27.7 Å². The van der Waals surface area contributed by atoms with E-state index in [1.165, 1.54) is 15.8 Å². The average molecular weight is 429 g/mol. The SMILES string of the molecule is O=C(Cn1cc(SCc2ccc(Br)cc2)c2ccccc21)N1CCCC1. The summed E-state index contributed by atoms with van der Waals surface area (Å²) in [7, 11) is 0. The van der Waals surface area contributed by atoms with Gasteiger partial charge in [-0.2, -0.15) is 0 Å². The number of aromatic nitrogens is 1. The van der Waals surface area contributed by atoms with Gasteiger partial charge in [0.1, 0.15) is 6.54 Å². The zero-order chi connectivity index (χ0) is 17.9. The van der Waals surface area contributed by atoms with Crippen molar-refractivity contribution < 1.29 is 4.79 Å². The highest BCUT2D eigenvalue weighted by atomic mass is 79.9. The predicted molar refractivity (Wildman–Crippen MR) is 111 cm³/mol. The van der Waals surface area contributed by atoms with Gasteiger partial charge in [-0.25, -0.2) is 0 Å². The molecule has 0 bridgehead atoms. The molecule has 3 aromatic rings. The maximum atomic E-state index is 12.6. The third kappa shape index (κ3) is 3.84. The second-order valence-electron chi connectivity index (χ2n) is 6.64. The van der Waals surface area contributed by atoms with Crippen LogP contribution < -0.4 is 0 Å². The number of carbonyl (C=O) groups is 1. The number of likely N-dealkylation sites (tertiary alicyclic amines) is 1. The molecule has 0 aliphatic carbocycles. The van der Waals surface area contributed by atoms with Crippen molar-refractivity contribution in [2.45, 2.75) is 30.0 Å². The summed E-state index contributed by atoms with van der Waals surface area (Å²) in [5, 5.41) is 1.23. The van der Waals surface area contributed by atoms with E-state index in [1.807, 2.05) is 22.7 Å². The monoisotopic (exact) mass is 428 g/mol. The van der Waals surface area contributed by atoms with Crippen molar-refractivity contribution in [1.29, 1.82) is 0 Å². The molecule has 134 valence electrons. The fourth-order valence-electron chi connectivity index (χ4n) is 3.41. The Morgan fingerprint density at radius 3 is 2.54 bits per heavy atom. The minimum absolute atomic E-state index is 0.229. The second-order valence-corrected chi connectivity index (χ2v) is 8.57. The van der Waals surface area contributed by atoms with Crippen LogP contribution in [0.4, 0.5) is 0 Å². The van der Waals surface area contributed by atoms with E-state index in [0.717, 1.165) is 41.7 Å². The quantitative estimate of drug-likeness (QED) is 0.513. The summed E-state index contributed by atoms with van der Waals surface area (Å²) < 4.78 is 3.21. The van der Waals surface area contributed by atoms with Gasteiger partial charge >= 0.3 is 0 Å². The van der Waals surface area contributed by atoms with Gasteiger partial charge in [0.2, 0.25) is 5.91 Å². The van der Waals surface area contributed by atoms with Crippen molar-refractivity contribution in [2.75, 3.05) is 13.1 Å². The number of carbonyl (C=O) groups excluding carboxylic acids is 1. The minimum Gasteiger partial charge on any atom is -0.341 e. The highest BCUT2D eigenvalue weighted by Crippen LogP contribution is 2.32. The van der Waals surface area contributed by atoms with Gasteiger partial charge < -0.3 is 9.47 Å². The highest BCUT2D eigenvalue weighted by molar-refractivity contribution is 9.10. The Kier molecular flexibility index (Phi) is 5.36. The highest BCUT2D eigenvalue weighted by Gasteiger charge is 2.19. The third-order valence-electron chi connectivity index (χ3n) is 4.82. The molecule has 1 aliphatic heterocycles. The van der Waals surface area contributed by atoms with Gasteiger partial charge in [0.05, 0.1) is 0 Å². The second kappa shape index (κ2) is 7.89. The topological polar surface area (TPSA) is 25.2 Å². The number of hydrogen-bond donors (Lipinski definition) is 0. The zero-order valence-electron chi connectivity index (χ0n) is 14.5. The maximum Gasteiger partial charge on any atom is 0.242 e. The van der Waals surface area contributed by atoms with Crippen LogP contribution in [0.1, 0.15) is 18.4 Å². The maximum absolute atomic E-state index is 12.6. The Balaban J connectivity index is 1.55. The fourth-order valence-corrected chi connectivity index (χ4v) is 4.72. The summed E-state index contributed by atoms with van der Waals surface area (Å²) in [6, 6.07) is 16.8. The first-order valence-corrected chi connectivity index (χ1v) is 10.7. The van der Waals surface area contributed by atoms with Crippen LogP contribution in [0.15, 0.2) is 64.1 Å². The van der Waals surface area contributed by atoms with Crippen LogP contribution in [0.2, 0.25) is 0 Å². The van der Waals surface area contributed by atoms with Gasteiger partial charge in [0.15, 0.2) is 0 Å². The van der Waals surface area contributed by atoms with Gasteiger partial charge in [0, 0.05) is 45.3 Å². The molecule has 5 heteroatoms. The first kappa shape index (κ1) is 17.7. The lowest BCUT2D eigenvalue weighted by molar-refractivity contribution is -0.130. The van der Waals surface area contributed by atoms with Gasteiger partial charge in [0.25, 0.3) is 0 Å². The number of fused-ring (bicyclic) bond motifs is 1. The Morgan fingerprint density at radius 2 is 1.77 bits per heavy atom. The molecule has 0 atom stereocenters. The molecular formula is C21H21BrN2OS. The Labute approximate surface area is 166 Å². The number of rotatable bonds is 5. The van der Waals surface area contributed by atoms with E-state index < -0.39 is 0 Å². The first-order chi connectivity index (χ1) is 12.7. The molecule has 1 aromatic heterocycles. The molecule has 4 rings (SSSR count). The van der Waals surface area contributed by atoms with Crippen LogP contribution in [0.25, 0.3) is 10.9 Å². The van der Waals surface area contributed by atoms with E-state index in [0.29, 0.717) is 6.54 Å². The number of halogens is 1. The third-order valence-corrected chi connectivity index (χ3v) is 6.47. The van der Waals surface area contributed by atoms with Crippen molar-refractivity contribution in [3.05, 3.63) is 64.8 Å². The largest absolute Gasteiger partial charge is 0.341 e. The molecule has 1 saturated heterocycles. The van der Waals surface area contributed by atoms with Crippen LogP contribution in [0.5, 0.6) is 0 Å². The van der Waals surface area contributed by atoms with Gasteiger partial charge in [-0.1, -0.05) is 46.3 Å². The average Bonchev–Trinajstić information content (AvgIpc) is 3.30. The summed E-state index contributed by atoms with van der Waals surface area (Å²) in [5.74, 6) is 1.15. The Bertz CT molecular complexity index is 913. The van der Waals surface area contributed by atoms with E-state index in [1.54, 1.807) is 0 Å². The Morgan fingerprint density at radius 1 is 1.04 bits per heavy atom. The van der Waals surface area contributed by atoms with Crippen molar-refractivity contribution in [1.82, 2.24) is 9.47 Å². The number of benzene rings is 2. The minimum atomic E-state index is 0.229. The summed E-state index contributed by atoms with van der Waals surface area (Å²) in [6.07, 6.45) is 4.40.